The Labute approximate surface area is 116 Å². The van der Waals surface area contributed by atoms with Crippen molar-refractivity contribution in [1.82, 2.24) is 9.97 Å². The summed E-state index contributed by atoms with van der Waals surface area (Å²) in [5.41, 5.74) is 2.33. The molecule has 0 bridgehead atoms. The summed E-state index contributed by atoms with van der Waals surface area (Å²) < 4.78 is 6.56. The number of nitrogens with one attached hydrogen (secondary N) is 1. The first-order valence-corrected chi connectivity index (χ1v) is 6.08. The molecule has 0 fully saturated rings. The monoisotopic (exact) mass is 362 g/mol. The number of nitrogens with two attached hydrogens (primary N) is 1. The first kappa shape index (κ1) is 12.3. The third kappa shape index (κ3) is 2.96. The molecule has 1 aromatic heterocycles. The molecule has 0 spiro atoms. The molecule has 3 N–H and O–H groups in total. The Hall–Kier alpha value is -1.12. The fourth-order valence-electron chi connectivity index (χ4n) is 1.12. The van der Waals surface area contributed by atoms with Crippen molar-refractivity contribution in [2.24, 2.45) is 5.84 Å². The summed E-state index contributed by atoms with van der Waals surface area (Å²) in [4.78, 5) is 7.88. The molecule has 1 heterocycles. The normalized spacial score (nSPS) is 10.1. The second-order valence-corrected chi connectivity index (χ2v) is 4.59. The van der Waals surface area contributed by atoms with Gasteiger partial charge in [-0.2, -0.15) is 4.98 Å². The van der Waals surface area contributed by atoms with Crippen molar-refractivity contribution in [1.29, 1.82) is 0 Å². The fourth-order valence-corrected chi connectivity index (χ4v) is 1.75. The van der Waals surface area contributed by atoms with Crippen LogP contribution in [-0.2, 0) is 0 Å². The van der Waals surface area contributed by atoms with Gasteiger partial charge in [-0.3, -0.25) is 5.43 Å². The SMILES string of the molecule is NNc1ncc(Cl)c(Oc2ccccc2I)n1. The van der Waals surface area contributed by atoms with Gasteiger partial charge in [0.15, 0.2) is 0 Å². The molecule has 17 heavy (non-hydrogen) atoms. The van der Waals surface area contributed by atoms with Gasteiger partial charge in [0.05, 0.1) is 9.77 Å². The first-order chi connectivity index (χ1) is 8.20. The van der Waals surface area contributed by atoms with E-state index in [1.807, 2.05) is 24.3 Å². The predicted molar refractivity (Wildman–Crippen MR) is 74.1 cm³/mol. The molecule has 0 amide bonds. The molecule has 0 unspecified atom stereocenters. The summed E-state index contributed by atoms with van der Waals surface area (Å²) in [5, 5.41) is 0.323. The van der Waals surface area contributed by atoms with Crippen molar-refractivity contribution in [3.05, 3.63) is 39.1 Å². The van der Waals surface area contributed by atoms with Crippen molar-refractivity contribution in [2.75, 3.05) is 5.43 Å². The number of rotatable bonds is 3. The van der Waals surface area contributed by atoms with Gasteiger partial charge in [-0.15, -0.1) is 0 Å². The van der Waals surface area contributed by atoms with Gasteiger partial charge < -0.3 is 4.74 Å². The minimum absolute atomic E-state index is 0.246. The molecule has 5 nitrogen and oxygen atoms in total. The Balaban J connectivity index is 2.32. The van der Waals surface area contributed by atoms with E-state index in [0.29, 0.717) is 10.8 Å². The molecule has 88 valence electrons. The van der Waals surface area contributed by atoms with Crippen LogP contribution in [0.15, 0.2) is 30.5 Å². The molecule has 2 rings (SSSR count). The summed E-state index contributed by atoms with van der Waals surface area (Å²) in [6, 6.07) is 7.54. The Kier molecular flexibility index (Phi) is 3.97. The van der Waals surface area contributed by atoms with Crippen LogP contribution in [-0.4, -0.2) is 9.97 Å². The topological polar surface area (TPSA) is 73.1 Å². The number of halogens is 2. The van der Waals surface area contributed by atoms with Crippen molar-refractivity contribution >= 4 is 40.1 Å². The lowest BCUT2D eigenvalue weighted by Crippen LogP contribution is -2.10. The maximum absolute atomic E-state index is 5.93. The molecule has 0 radical (unpaired) electrons. The fraction of sp³-hybridized carbons (Fsp3) is 0. The number of aromatic nitrogens is 2. The Morgan fingerprint density at radius 1 is 1.35 bits per heavy atom. The van der Waals surface area contributed by atoms with Gasteiger partial charge in [-0.1, -0.05) is 23.7 Å². The highest BCUT2D eigenvalue weighted by atomic mass is 127. The molecular formula is C10H8ClIN4O. The smallest absolute Gasteiger partial charge is 0.243 e. The maximum Gasteiger partial charge on any atom is 0.243 e. The van der Waals surface area contributed by atoms with Crippen LogP contribution in [0.4, 0.5) is 5.95 Å². The largest absolute Gasteiger partial charge is 0.436 e. The van der Waals surface area contributed by atoms with E-state index < -0.39 is 0 Å². The van der Waals surface area contributed by atoms with Crippen molar-refractivity contribution in [3.63, 3.8) is 0 Å². The van der Waals surface area contributed by atoms with Gasteiger partial charge in [0.1, 0.15) is 10.8 Å². The van der Waals surface area contributed by atoms with Gasteiger partial charge in [0, 0.05) is 0 Å². The van der Waals surface area contributed by atoms with E-state index in [9.17, 15) is 0 Å². The number of hydrazine groups is 1. The van der Waals surface area contributed by atoms with Crippen molar-refractivity contribution in [3.8, 4) is 11.6 Å². The lowest BCUT2D eigenvalue weighted by Gasteiger charge is -2.08. The summed E-state index contributed by atoms with van der Waals surface area (Å²) in [7, 11) is 0. The highest BCUT2D eigenvalue weighted by molar-refractivity contribution is 14.1. The number of para-hydroxylation sites is 1. The highest BCUT2D eigenvalue weighted by Crippen LogP contribution is 2.30. The predicted octanol–water partition coefficient (Wildman–Crippen LogP) is 2.81. The van der Waals surface area contributed by atoms with Crippen LogP contribution in [0.5, 0.6) is 11.6 Å². The zero-order valence-corrected chi connectivity index (χ0v) is 11.4. The second-order valence-electron chi connectivity index (χ2n) is 3.02. The number of nitrogen functional groups attached to an aromatic ring is 1. The van der Waals surface area contributed by atoms with Gasteiger partial charge in [0.25, 0.3) is 0 Å². The molecule has 0 aliphatic heterocycles. The van der Waals surface area contributed by atoms with Crippen molar-refractivity contribution < 1.29 is 4.74 Å². The maximum atomic E-state index is 5.93. The van der Waals surface area contributed by atoms with Crippen LogP contribution in [0.2, 0.25) is 5.02 Å². The van der Waals surface area contributed by atoms with Crippen molar-refractivity contribution in [2.45, 2.75) is 0 Å². The lowest BCUT2D eigenvalue weighted by atomic mass is 10.3. The Morgan fingerprint density at radius 3 is 2.82 bits per heavy atom. The van der Waals surface area contributed by atoms with E-state index in [1.54, 1.807) is 0 Å². The number of hydrogen-bond donors (Lipinski definition) is 2. The van der Waals surface area contributed by atoms with Gasteiger partial charge >= 0.3 is 0 Å². The third-order valence-corrected chi connectivity index (χ3v) is 3.03. The summed E-state index contributed by atoms with van der Waals surface area (Å²) in [6.07, 6.45) is 1.43. The second kappa shape index (κ2) is 5.48. The minimum atomic E-state index is 0.246. The average Bonchev–Trinajstić information content (AvgIpc) is 2.35. The number of ether oxygens (including phenoxy) is 1. The molecular weight excluding hydrogens is 354 g/mol. The van der Waals surface area contributed by atoms with Crippen LogP contribution < -0.4 is 16.0 Å². The third-order valence-electron chi connectivity index (χ3n) is 1.88. The first-order valence-electron chi connectivity index (χ1n) is 4.62. The van der Waals surface area contributed by atoms with Gasteiger partial charge in [0.2, 0.25) is 11.8 Å². The van der Waals surface area contributed by atoms with E-state index in [2.05, 4.69) is 38.0 Å². The lowest BCUT2D eigenvalue weighted by molar-refractivity contribution is 0.459. The van der Waals surface area contributed by atoms with E-state index >= 15 is 0 Å². The van der Waals surface area contributed by atoms with E-state index in [1.165, 1.54) is 6.20 Å². The molecule has 0 atom stereocenters. The van der Waals surface area contributed by atoms with Crippen LogP contribution in [0.1, 0.15) is 0 Å². The summed E-state index contributed by atoms with van der Waals surface area (Å²) >= 11 is 8.10. The van der Waals surface area contributed by atoms with Gasteiger partial charge in [-0.05, 0) is 34.7 Å². The zero-order chi connectivity index (χ0) is 12.3. The quantitative estimate of drug-likeness (QED) is 0.499. The average molecular weight is 363 g/mol. The number of hydrogen-bond acceptors (Lipinski definition) is 5. The molecule has 2 aromatic rings. The molecule has 0 aliphatic rings. The van der Waals surface area contributed by atoms with Crippen LogP contribution in [0.3, 0.4) is 0 Å². The van der Waals surface area contributed by atoms with E-state index in [0.717, 1.165) is 3.57 Å². The van der Waals surface area contributed by atoms with E-state index in [-0.39, 0.29) is 11.8 Å². The number of benzene rings is 1. The molecule has 1 aromatic carbocycles. The van der Waals surface area contributed by atoms with Crippen LogP contribution >= 0.6 is 34.2 Å². The highest BCUT2D eigenvalue weighted by Gasteiger charge is 2.09. The number of nitrogens with zero attached hydrogens (tertiary/aromatic N) is 2. The van der Waals surface area contributed by atoms with Crippen LogP contribution in [0.25, 0.3) is 0 Å². The molecule has 0 saturated heterocycles. The molecule has 7 heteroatoms. The Bertz CT molecular complexity index is 537. The number of anilines is 1. The zero-order valence-electron chi connectivity index (χ0n) is 8.52. The standard InChI is InChI=1S/C10H8ClIN4O/c11-6-5-14-10(16-13)15-9(6)17-8-4-2-1-3-7(8)12/h1-5H,13H2,(H,14,15,16). The van der Waals surface area contributed by atoms with E-state index in [4.69, 9.17) is 22.2 Å². The summed E-state index contributed by atoms with van der Waals surface area (Å²) in [6.45, 7) is 0. The summed E-state index contributed by atoms with van der Waals surface area (Å²) in [5.74, 6) is 6.40. The minimum Gasteiger partial charge on any atom is -0.436 e. The Morgan fingerprint density at radius 2 is 2.12 bits per heavy atom. The molecule has 0 aliphatic carbocycles. The van der Waals surface area contributed by atoms with Crippen LogP contribution in [0, 0.1) is 3.57 Å². The van der Waals surface area contributed by atoms with Gasteiger partial charge in [-0.25, -0.2) is 10.8 Å². The molecule has 0 saturated carbocycles.